The Kier molecular flexibility index (Phi) is 2.86. The molecule has 2 aliphatic carbocycles. The van der Waals surface area contributed by atoms with Crippen LogP contribution in [0, 0.1) is 5.41 Å². The van der Waals surface area contributed by atoms with E-state index in [2.05, 4.69) is 29.8 Å². The summed E-state index contributed by atoms with van der Waals surface area (Å²) in [7, 11) is 0. The minimum atomic E-state index is -0.317. The first kappa shape index (κ1) is 12.9. The highest BCUT2D eigenvalue weighted by Gasteiger charge is 2.34. The minimum Gasteiger partial charge on any atom is -0.366 e. The number of hydrogen-bond donors (Lipinski definition) is 1. The molecule has 0 spiro atoms. The van der Waals surface area contributed by atoms with Crippen molar-refractivity contribution in [2.45, 2.75) is 39.5 Å². The van der Waals surface area contributed by atoms with Gasteiger partial charge in [0.25, 0.3) is 0 Å². The molecule has 2 nitrogen and oxygen atoms in total. The fourth-order valence-electron chi connectivity index (χ4n) is 3.46. The summed E-state index contributed by atoms with van der Waals surface area (Å²) >= 11 is 3.63. The fraction of sp³-hybridized carbons (Fsp3) is 0.438. The molecular weight excluding hydrogens is 302 g/mol. The topological polar surface area (TPSA) is 43.1 Å². The number of amides is 1. The molecule has 1 aromatic carbocycles. The van der Waals surface area contributed by atoms with E-state index in [1.807, 2.05) is 12.1 Å². The minimum absolute atomic E-state index is 0.317. The van der Waals surface area contributed by atoms with E-state index in [4.69, 9.17) is 5.73 Å². The van der Waals surface area contributed by atoms with E-state index >= 15 is 0 Å². The molecule has 1 aromatic rings. The summed E-state index contributed by atoms with van der Waals surface area (Å²) in [6.45, 7) is 4.65. The molecule has 0 fully saturated rings. The summed E-state index contributed by atoms with van der Waals surface area (Å²) in [6, 6.07) is 3.80. The predicted molar refractivity (Wildman–Crippen MR) is 80.9 cm³/mol. The van der Waals surface area contributed by atoms with Gasteiger partial charge in [-0.15, -0.1) is 0 Å². The van der Waals surface area contributed by atoms with Crippen LogP contribution in [0.15, 0.2) is 22.2 Å². The molecule has 0 atom stereocenters. The van der Waals surface area contributed by atoms with Crippen molar-refractivity contribution in [3.63, 3.8) is 0 Å². The molecule has 0 saturated heterocycles. The van der Waals surface area contributed by atoms with Crippen LogP contribution in [0.25, 0.3) is 5.57 Å². The predicted octanol–water partition coefficient (Wildman–Crippen LogP) is 4.07. The van der Waals surface area contributed by atoms with Crippen LogP contribution >= 0.6 is 15.9 Å². The van der Waals surface area contributed by atoms with Crippen molar-refractivity contribution in [2.24, 2.45) is 11.1 Å². The summed E-state index contributed by atoms with van der Waals surface area (Å²) in [6.07, 6.45) is 4.34. The Morgan fingerprint density at radius 1 is 1.37 bits per heavy atom. The SMILES string of the molecule is CC1(C)CCC2=C(Cc3c(C(N)=O)ccc(Br)c32)C1. The standard InChI is InChI=1S/C16H18BrNO/c1-16(2)6-5-10-9(8-16)7-12-11(15(18)19)3-4-13(17)14(10)12/h3-4H,5-8H2,1-2H3,(H2,18,19). The molecule has 0 radical (unpaired) electrons. The summed E-state index contributed by atoms with van der Waals surface area (Å²) in [5.74, 6) is -0.317. The lowest BCUT2D eigenvalue weighted by molar-refractivity contribution is 0.0999. The molecule has 1 amide bonds. The maximum Gasteiger partial charge on any atom is 0.249 e. The van der Waals surface area contributed by atoms with Gasteiger partial charge in [-0.1, -0.05) is 35.4 Å². The zero-order chi connectivity index (χ0) is 13.8. The van der Waals surface area contributed by atoms with E-state index in [0.717, 1.165) is 29.3 Å². The zero-order valence-electron chi connectivity index (χ0n) is 11.3. The molecule has 0 heterocycles. The number of carbonyl (C=O) groups excluding carboxylic acids is 1. The Hall–Kier alpha value is -1.09. The summed E-state index contributed by atoms with van der Waals surface area (Å²) in [4.78, 5) is 11.6. The first-order chi connectivity index (χ1) is 8.89. The van der Waals surface area contributed by atoms with Crippen molar-refractivity contribution in [2.75, 3.05) is 0 Å². The second-order valence-corrected chi connectivity index (χ2v) is 7.27. The number of benzene rings is 1. The van der Waals surface area contributed by atoms with Gasteiger partial charge in [-0.05, 0) is 59.9 Å². The molecule has 0 bridgehead atoms. The zero-order valence-corrected chi connectivity index (χ0v) is 12.9. The number of carbonyl (C=O) groups is 1. The van der Waals surface area contributed by atoms with E-state index in [1.54, 1.807) is 0 Å². The third-order valence-electron chi connectivity index (χ3n) is 4.39. The molecule has 3 heteroatoms. The average molecular weight is 320 g/mol. The van der Waals surface area contributed by atoms with Gasteiger partial charge in [0.1, 0.15) is 0 Å². The number of fused-ring (bicyclic) bond motifs is 2. The first-order valence-corrected chi connectivity index (χ1v) is 7.51. The molecule has 2 aliphatic rings. The largest absolute Gasteiger partial charge is 0.366 e. The highest BCUT2D eigenvalue weighted by molar-refractivity contribution is 9.10. The Morgan fingerprint density at radius 3 is 2.79 bits per heavy atom. The molecular formula is C16H18BrNO. The van der Waals surface area contributed by atoms with Crippen molar-refractivity contribution >= 4 is 27.4 Å². The maximum absolute atomic E-state index is 11.6. The average Bonchev–Trinajstić information content (AvgIpc) is 2.65. The molecule has 0 aromatic heterocycles. The third kappa shape index (κ3) is 2.04. The summed E-state index contributed by atoms with van der Waals surface area (Å²) in [5.41, 5.74) is 11.9. The Balaban J connectivity index is 2.13. The fourth-order valence-corrected chi connectivity index (χ4v) is 4.07. The van der Waals surface area contributed by atoms with Gasteiger partial charge in [-0.3, -0.25) is 4.79 Å². The van der Waals surface area contributed by atoms with Gasteiger partial charge in [-0.25, -0.2) is 0 Å². The van der Waals surface area contributed by atoms with Gasteiger partial charge in [0.15, 0.2) is 0 Å². The van der Waals surface area contributed by atoms with Gasteiger partial charge >= 0.3 is 0 Å². The number of halogens is 1. The van der Waals surface area contributed by atoms with Gasteiger partial charge < -0.3 is 5.73 Å². The number of rotatable bonds is 1. The lowest BCUT2D eigenvalue weighted by Crippen LogP contribution is -2.16. The lowest BCUT2D eigenvalue weighted by Gasteiger charge is -2.31. The van der Waals surface area contributed by atoms with Crippen LogP contribution < -0.4 is 5.73 Å². The highest BCUT2D eigenvalue weighted by atomic mass is 79.9. The van der Waals surface area contributed by atoms with Gasteiger partial charge in [0, 0.05) is 10.0 Å². The van der Waals surface area contributed by atoms with Crippen molar-refractivity contribution < 1.29 is 4.79 Å². The quantitative estimate of drug-likeness (QED) is 0.833. The third-order valence-corrected chi connectivity index (χ3v) is 5.05. The second-order valence-electron chi connectivity index (χ2n) is 6.41. The Morgan fingerprint density at radius 2 is 2.11 bits per heavy atom. The normalized spacial score (nSPS) is 20.2. The molecule has 3 rings (SSSR count). The van der Waals surface area contributed by atoms with Gasteiger partial charge in [0.05, 0.1) is 0 Å². The van der Waals surface area contributed by atoms with Crippen LogP contribution in [0.2, 0.25) is 0 Å². The van der Waals surface area contributed by atoms with Crippen molar-refractivity contribution in [3.8, 4) is 0 Å². The van der Waals surface area contributed by atoms with E-state index in [-0.39, 0.29) is 5.91 Å². The van der Waals surface area contributed by atoms with E-state index in [1.165, 1.54) is 23.1 Å². The molecule has 0 unspecified atom stereocenters. The molecule has 19 heavy (non-hydrogen) atoms. The number of nitrogens with two attached hydrogens (primary N) is 1. The van der Waals surface area contributed by atoms with Crippen molar-refractivity contribution in [1.29, 1.82) is 0 Å². The van der Waals surface area contributed by atoms with Crippen LogP contribution in [-0.2, 0) is 6.42 Å². The van der Waals surface area contributed by atoms with Crippen LogP contribution in [0.5, 0.6) is 0 Å². The Labute approximate surface area is 122 Å². The monoisotopic (exact) mass is 319 g/mol. The first-order valence-electron chi connectivity index (χ1n) is 6.71. The smallest absolute Gasteiger partial charge is 0.249 e. The van der Waals surface area contributed by atoms with Crippen LogP contribution in [-0.4, -0.2) is 5.91 Å². The van der Waals surface area contributed by atoms with E-state index < -0.39 is 0 Å². The van der Waals surface area contributed by atoms with E-state index in [0.29, 0.717) is 11.0 Å². The molecule has 0 saturated carbocycles. The second kappa shape index (κ2) is 4.20. The van der Waals surface area contributed by atoms with Crippen LogP contribution in [0.3, 0.4) is 0 Å². The van der Waals surface area contributed by atoms with Crippen molar-refractivity contribution in [1.82, 2.24) is 0 Å². The summed E-state index contributed by atoms with van der Waals surface area (Å²) < 4.78 is 1.09. The maximum atomic E-state index is 11.6. The van der Waals surface area contributed by atoms with Crippen molar-refractivity contribution in [3.05, 3.63) is 38.9 Å². The highest BCUT2D eigenvalue weighted by Crippen LogP contribution is 2.50. The van der Waals surface area contributed by atoms with Gasteiger partial charge in [0.2, 0.25) is 5.91 Å². The number of primary amides is 1. The van der Waals surface area contributed by atoms with E-state index in [9.17, 15) is 4.79 Å². The van der Waals surface area contributed by atoms with Crippen LogP contribution in [0.4, 0.5) is 0 Å². The number of hydrogen-bond acceptors (Lipinski definition) is 1. The lowest BCUT2D eigenvalue weighted by atomic mass is 9.74. The molecule has 0 aliphatic heterocycles. The molecule has 2 N–H and O–H groups in total. The Bertz CT molecular complexity index is 613. The number of allylic oxidation sites excluding steroid dienone is 2. The van der Waals surface area contributed by atoms with Gasteiger partial charge in [-0.2, -0.15) is 0 Å². The van der Waals surface area contributed by atoms with Crippen LogP contribution in [0.1, 0.15) is 54.6 Å². The summed E-state index contributed by atoms with van der Waals surface area (Å²) in [5, 5.41) is 0. The molecule has 100 valence electrons.